The van der Waals surface area contributed by atoms with Crippen LogP contribution >= 0.6 is 0 Å². The maximum absolute atomic E-state index is 13.4. The van der Waals surface area contributed by atoms with Crippen LogP contribution in [0.2, 0.25) is 0 Å². The van der Waals surface area contributed by atoms with E-state index >= 15 is 0 Å². The highest BCUT2D eigenvalue weighted by Gasteiger charge is 2.23. The van der Waals surface area contributed by atoms with Gasteiger partial charge in [0.1, 0.15) is 11.6 Å². The smallest absolute Gasteiger partial charge is 0.264 e. The maximum Gasteiger partial charge on any atom is 0.264 e. The number of unbranched alkanes of at least 4 members (excludes halogenated alkanes) is 3. The number of aryl methyl sites for hydroxylation is 3. The monoisotopic (exact) mass is 589 g/mol. The highest BCUT2D eigenvalue weighted by Crippen LogP contribution is 2.32. The first kappa shape index (κ1) is 31.3. The van der Waals surface area contributed by atoms with Crippen molar-refractivity contribution in [3.8, 4) is 16.9 Å². The standard InChI is InChI=1S/C34H43N3O4S/c1-6-9-11-12-33(38)36-42(39,40)31-18-17-28(41-19-10-7-2)22-29(31)27-15-13-26(14-16-27)23-37-30-21-24(4)20-25(5)34(30)35-32(37)8-3/h13-18,20-22H,6-12,19,23H2,1-5H3,(H,36,38). The van der Waals surface area contributed by atoms with E-state index in [1.165, 1.54) is 17.2 Å². The lowest BCUT2D eigenvalue weighted by Gasteiger charge is -2.15. The Hall–Kier alpha value is -3.65. The third kappa shape index (κ3) is 7.40. The molecule has 1 aromatic heterocycles. The van der Waals surface area contributed by atoms with Crippen molar-refractivity contribution in [2.24, 2.45) is 0 Å². The van der Waals surface area contributed by atoms with E-state index in [-0.39, 0.29) is 11.3 Å². The Morgan fingerprint density at radius 2 is 1.67 bits per heavy atom. The van der Waals surface area contributed by atoms with Crippen LogP contribution in [-0.2, 0) is 27.8 Å². The van der Waals surface area contributed by atoms with Gasteiger partial charge in [-0.15, -0.1) is 0 Å². The largest absolute Gasteiger partial charge is 0.494 e. The molecule has 0 unspecified atom stereocenters. The fourth-order valence-electron chi connectivity index (χ4n) is 5.22. The van der Waals surface area contributed by atoms with Gasteiger partial charge in [-0.3, -0.25) is 4.79 Å². The summed E-state index contributed by atoms with van der Waals surface area (Å²) in [5.41, 5.74) is 6.83. The Balaban J connectivity index is 1.67. The Labute approximate surface area is 250 Å². The zero-order chi connectivity index (χ0) is 30.3. The number of ether oxygens (including phenoxy) is 1. The van der Waals surface area contributed by atoms with Crippen LogP contribution in [0.25, 0.3) is 22.2 Å². The lowest BCUT2D eigenvalue weighted by atomic mass is 10.0. The van der Waals surface area contributed by atoms with E-state index < -0.39 is 15.9 Å². The predicted molar refractivity (Wildman–Crippen MR) is 169 cm³/mol. The van der Waals surface area contributed by atoms with Crippen LogP contribution in [0, 0.1) is 13.8 Å². The van der Waals surface area contributed by atoms with Gasteiger partial charge in [-0.1, -0.05) is 70.4 Å². The average Bonchev–Trinajstić information content (AvgIpc) is 3.30. The number of fused-ring (bicyclic) bond motifs is 1. The number of carbonyl (C=O) groups excluding carboxylic acids is 1. The molecule has 224 valence electrons. The Bertz CT molecular complexity index is 1640. The number of benzene rings is 3. The summed E-state index contributed by atoms with van der Waals surface area (Å²) in [6.07, 6.45) is 5.38. The van der Waals surface area contributed by atoms with E-state index in [1.807, 2.05) is 31.2 Å². The molecule has 7 nitrogen and oxygen atoms in total. The van der Waals surface area contributed by atoms with Gasteiger partial charge < -0.3 is 9.30 Å². The summed E-state index contributed by atoms with van der Waals surface area (Å²) in [5.74, 6) is 1.14. The Kier molecular flexibility index (Phi) is 10.4. The molecule has 42 heavy (non-hydrogen) atoms. The van der Waals surface area contributed by atoms with Gasteiger partial charge in [-0.05, 0) is 73.2 Å². The summed E-state index contributed by atoms with van der Waals surface area (Å²) < 4.78 is 37.2. The molecule has 0 aliphatic heterocycles. The number of nitrogens with zero attached hydrogens (tertiary/aromatic N) is 2. The SMILES string of the molecule is CCCCCC(=O)NS(=O)(=O)c1ccc(OCCCC)cc1-c1ccc(Cn2c(CC)nc3c(C)cc(C)cc32)cc1. The summed E-state index contributed by atoms with van der Waals surface area (Å²) >= 11 is 0. The van der Waals surface area contributed by atoms with Crippen molar-refractivity contribution in [3.05, 3.63) is 77.1 Å². The molecule has 4 rings (SSSR count). The Morgan fingerprint density at radius 3 is 2.36 bits per heavy atom. The first-order chi connectivity index (χ1) is 20.2. The third-order valence-electron chi connectivity index (χ3n) is 7.45. The van der Waals surface area contributed by atoms with Gasteiger partial charge in [0.2, 0.25) is 5.91 Å². The van der Waals surface area contributed by atoms with Gasteiger partial charge in [0.05, 0.1) is 22.5 Å². The maximum atomic E-state index is 13.4. The molecule has 0 fully saturated rings. The second kappa shape index (κ2) is 14.0. The highest BCUT2D eigenvalue weighted by molar-refractivity contribution is 7.90. The summed E-state index contributed by atoms with van der Waals surface area (Å²) in [7, 11) is -4.08. The number of rotatable bonds is 14. The molecule has 0 radical (unpaired) electrons. The van der Waals surface area contributed by atoms with Crippen molar-refractivity contribution in [2.45, 2.75) is 91.0 Å². The van der Waals surface area contributed by atoms with Crippen LogP contribution in [0.1, 0.15) is 81.8 Å². The van der Waals surface area contributed by atoms with E-state index in [0.29, 0.717) is 30.9 Å². The van der Waals surface area contributed by atoms with Gasteiger partial charge in [0.25, 0.3) is 10.0 Å². The van der Waals surface area contributed by atoms with E-state index in [0.717, 1.165) is 60.1 Å². The molecule has 0 aliphatic rings. The summed E-state index contributed by atoms with van der Waals surface area (Å²) in [5, 5.41) is 0. The van der Waals surface area contributed by atoms with Crippen LogP contribution in [-0.4, -0.2) is 30.5 Å². The molecule has 1 N–H and O–H groups in total. The molecule has 4 aromatic rings. The number of hydrogen-bond donors (Lipinski definition) is 1. The van der Waals surface area contributed by atoms with Crippen LogP contribution in [0.5, 0.6) is 5.75 Å². The van der Waals surface area contributed by atoms with Crippen LogP contribution in [0.15, 0.2) is 59.5 Å². The number of carbonyl (C=O) groups is 1. The fraction of sp³-hybridized carbons (Fsp3) is 0.412. The summed E-state index contributed by atoms with van der Waals surface area (Å²) in [4.78, 5) is 17.4. The molecule has 0 saturated carbocycles. The van der Waals surface area contributed by atoms with E-state index in [2.05, 4.69) is 49.1 Å². The van der Waals surface area contributed by atoms with E-state index in [4.69, 9.17) is 9.72 Å². The number of hydrogen-bond acceptors (Lipinski definition) is 5. The molecule has 0 saturated heterocycles. The van der Waals surface area contributed by atoms with Crippen molar-refractivity contribution < 1.29 is 17.9 Å². The third-order valence-corrected chi connectivity index (χ3v) is 8.88. The molecule has 0 spiro atoms. The quantitative estimate of drug-likeness (QED) is 0.154. The van der Waals surface area contributed by atoms with Crippen molar-refractivity contribution >= 4 is 27.0 Å². The minimum absolute atomic E-state index is 0.0572. The molecule has 3 aromatic carbocycles. The molecule has 0 atom stereocenters. The number of nitrogens with one attached hydrogen (secondary N) is 1. The van der Waals surface area contributed by atoms with Gasteiger partial charge in [-0.2, -0.15) is 0 Å². The zero-order valence-corrected chi connectivity index (χ0v) is 26.3. The van der Waals surface area contributed by atoms with E-state index in [9.17, 15) is 13.2 Å². The van der Waals surface area contributed by atoms with E-state index in [1.54, 1.807) is 12.1 Å². The van der Waals surface area contributed by atoms with Crippen molar-refractivity contribution in [2.75, 3.05) is 6.61 Å². The first-order valence-electron chi connectivity index (χ1n) is 15.0. The molecule has 1 heterocycles. The molecule has 0 aliphatic carbocycles. The van der Waals surface area contributed by atoms with Gasteiger partial charge in [-0.25, -0.2) is 18.1 Å². The van der Waals surface area contributed by atoms with Crippen LogP contribution in [0.3, 0.4) is 0 Å². The fourth-order valence-corrected chi connectivity index (χ4v) is 6.45. The van der Waals surface area contributed by atoms with Gasteiger partial charge >= 0.3 is 0 Å². The molecular weight excluding hydrogens is 546 g/mol. The minimum atomic E-state index is -4.08. The topological polar surface area (TPSA) is 90.3 Å². The first-order valence-corrected chi connectivity index (χ1v) is 16.5. The Morgan fingerprint density at radius 1 is 0.929 bits per heavy atom. The normalized spacial score (nSPS) is 11.6. The van der Waals surface area contributed by atoms with Crippen LogP contribution < -0.4 is 9.46 Å². The number of aromatic nitrogens is 2. The highest BCUT2D eigenvalue weighted by atomic mass is 32.2. The lowest BCUT2D eigenvalue weighted by molar-refractivity contribution is -0.119. The zero-order valence-electron chi connectivity index (χ0n) is 25.5. The lowest BCUT2D eigenvalue weighted by Crippen LogP contribution is -2.30. The number of sulfonamides is 1. The summed E-state index contributed by atoms with van der Waals surface area (Å²) in [6.45, 7) is 11.6. The molecule has 8 heteroatoms. The van der Waals surface area contributed by atoms with Crippen molar-refractivity contribution in [1.82, 2.24) is 14.3 Å². The number of amides is 1. The van der Waals surface area contributed by atoms with Crippen molar-refractivity contribution in [3.63, 3.8) is 0 Å². The molecule has 1 amide bonds. The predicted octanol–water partition coefficient (Wildman–Crippen LogP) is 7.49. The summed E-state index contributed by atoms with van der Waals surface area (Å²) in [6, 6.07) is 17.2. The van der Waals surface area contributed by atoms with Gasteiger partial charge in [0, 0.05) is 24.9 Å². The number of imidazole rings is 1. The second-order valence-electron chi connectivity index (χ2n) is 11.0. The van der Waals surface area contributed by atoms with Gasteiger partial charge in [0.15, 0.2) is 0 Å². The second-order valence-corrected chi connectivity index (χ2v) is 12.6. The van der Waals surface area contributed by atoms with Crippen LogP contribution in [0.4, 0.5) is 0 Å². The molecular formula is C34H43N3O4S. The average molecular weight is 590 g/mol. The van der Waals surface area contributed by atoms with Crippen molar-refractivity contribution in [1.29, 1.82) is 0 Å². The minimum Gasteiger partial charge on any atom is -0.494 e. The molecule has 0 bridgehead atoms.